The first-order valence-corrected chi connectivity index (χ1v) is 11.1. The minimum atomic E-state index is -3.72. The van der Waals surface area contributed by atoms with Crippen molar-refractivity contribution in [2.75, 3.05) is 11.9 Å². The largest absolute Gasteiger partial charge is 0.343 e. The van der Waals surface area contributed by atoms with E-state index in [1.807, 2.05) is 11.8 Å². The Balaban J connectivity index is 1.62. The van der Waals surface area contributed by atoms with Gasteiger partial charge in [-0.15, -0.1) is 14.6 Å². The molecule has 1 amide bonds. The summed E-state index contributed by atoms with van der Waals surface area (Å²) in [7, 11) is -3.72. The average Bonchev–Trinajstić information content (AvgIpc) is 3.24. The molecule has 1 saturated heterocycles. The van der Waals surface area contributed by atoms with Crippen molar-refractivity contribution in [2.24, 2.45) is 4.40 Å². The zero-order chi connectivity index (χ0) is 19.0. The molecule has 8 nitrogen and oxygen atoms in total. The number of piperidine rings is 1. The summed E-state index contributed by atoms with van der Waals surface area (Å²) in [5.41, 5.74) is 0.557. The summed E-state index contributed by atoms with van der Waals surface area (Å²) in [5, 5.41) is 12.1. The third-order valence-electron chi connectivity index (χ3n) is 4.69. The fourth-order valence-corrected chi connectivity index (χ4v) is 5.29. The van der Waals surface area contributed by atoms with Gasteiger partial charge in [-0.1, -0.05) is 30.4 Å². The van der Waals surface area contributed by atoms with Crippen LogP contribution in [0.5, 0.6) is 0 Å². The second kappa shape index (κ2) is 7.01. The molecule has 0 aliphatic carbocycles. The van der Waals surface area contributed by atoms with Gasteiger partial charge in [-0.3, -0.25) is 10.1 Å². The molecule has 2 aliphatic heterocycles. The molecular weight excluding hydrogens is 386 g/mol. The molecule has 0 spiro atoms. The fourth-order valence-electron chi connectivity index (χ4n) is 3.39. The number of benzene rings is 1. The van der Waals surface area contributed by atoms with Gasteiger partial charge in [0.05, 0.1) is 0 Å². The number of carbonyl (C=O) groups excluding carboxylic acids is 1. The molecular formula is C17H19N5O3S2. The Labute approximate surface area is 161 Å². The number of anilines is 1. The van der Waals surface area contributed by atoms with Crippen LogP contribution in [0, 0.1) is 0 Å². The van der Waals surface area contributed by atoms with Crippen molar-refractivity contribution in [2.45, 2.75) is 43.5 Å². The summed E-state index contributed by atoms with van der Waals surface area (Å²) in [6, 6.07) is 6.25. The van der Waals surface area contributed by atoms with Crippen LogP contribution in [0.3, 0.4) is 0 Å². The van der Waals surface area contributed by atoms with Gasteiger partial charge >= 0.3 is 0 Å². The Kier molecular flexibility index (Phi) is 4.68. The normalized spacial score (nSPS) is 20.9. The van der Waals surface area contributed by atoms with Gasteiger partial charge in [0.25, 0.3) is 10.0 Å². The van der Waals surface area contributed by atoms with Gasteiger partial charge in [0.1, 0.15) is 15.9 Å². The van der Waals surface area contributed by atoms with E-state index < -0.39 is 16.1 Å². The number of aryl methyl sites for hydroxylation is 1. The molecule has 0 unspecified atom stereocenters. The van der Waals surface area contributed by atoms with Gasteiger partial charge in [-0.25, -0.2) is 0 Å². The molecule has 0 bridgehead atoms. The van der Waals surface area contributed by atoms with Crippen LogP contribution in [-0.2, 0) is 21.2 Å². The number of amidine groups is 1. The van der Waals surface area contributed by atoms with E-state index in [-0.39, 0.29) is 10.8 Å². The maximum Gasteiger partial charge on any atom is 0.285 e. The van der Waals surface area contributed by atoms with E-state index in [1.165, 1.54) is 11.3 Å². The van der Waals surface area contributed by atoms with E-state index in [0.717, 1.165) is 24.3 Å². The van der Waals surface area contributed by atoms with Gasteiger partial charge < -0.3 is 4.90 Å². The monoisotopic (exact) mass is 405 g/mol. The highest BCUT2D eigenvalue weighted by Crippen LogP contribution is 2.31. The summed E-state index contributed by atoms with van der Waals surface area (Å²) in [4.78, 5) is 14.9. The highest BCUT2D eigenvalue weighted by Gasteiger charge is 2.38. The summed E-state index contributed by atoms with van der Waals surface area (Å²) in [6.07, 6.45) is 3.16. The molecule has 4 rings (SSSR count). The summed E-state index contributed by atoms with van der Waals surface area (Å²) < 4.78 is 28.7. The topological polar surface area (TPSA) is 105 Å². The molecule has 1 aromatic carbocycles. The minimum Gasteiger partial charge on any atom is -0.343 e. The van der Waals surface area contributed by atoms with Gasteiger partial charge in [-0.2, -0.15) is 8.42 Å². The van der Waals surface area contributed by atoms with Gasteiger partial charge in [-0.05, 0) is 37.8 Å². The van der Waals surface area contributed by atoms with E-state index in [9.17, 15) is 13.2 Å². The molecule has 10 heteroatoms. The number of aromatic nitrogens is 2. The molecule has 1 N–H and O–H groups in total. The maximum atomic E-state index is 12.9. The molecule has 3 heterocycles. The van der Waals surface area contributed by atoms with Crippen molar-refractivity contribution in [3.05, 3.63) is 34.8 Å². The van der Waals surface area contributed by atoms with Gasteiger partial charge in [0.15, 0.2) is 5.84 Å². The van der Waals surface area contributed by atoms with E-state index in [4.69, 9.17) is 0 Å². The fraction of sp³-hybridized carbons (Fsp3) is 0.412. The molecule has 142 valence electrons. The molecule has 1 aromatic heterocycles. The maximum absolute atomic E-state index is 12.9. The van der Waals surface area contributed by atoms with Crippen LogP contribution in [0.15, 0.2) is 33.6 Å². The Bertz CT molecular complexity index is 1020. The predicted octanol–water partition coefficient (Wildman–Crippen LogP) is 2.04. The molecule has 0 radical (unpaired) electrons. The Morgan fingerprint density at radius 1 is 1.30 bits per heavy atom. The van der Waals surface area contributed by atoms with Crippen LogP contribution in [0.2, 0.25) is 0 Å². The molecule has 0 saturated carbocycles. The Morgan fingerprint density at radius 2 is 2.11 bits per heavy atom. The SMILES string of the molecule is CCc1nnc(NC(=O)[C@@H]2CCCCN2C2=NS(=O)(=O)c3ccccc32)s1. The van der Waals surface area contributed by atoms with E-state index in [0.29, 0.717) is 29.5 Å². The number of hydrogen-bond acceptors (Lipinski definition) is 7. The highest BCUT2D eigenvalue weighted by molar-refractivity contribution is 7.90. The molecule has 2 aromatic rings. The average molecular weight is 406 g/mol. The number of rotatable bonds is 3. The van der Waals surface area contributed by atoms with Gasteiger partial charge in [0, 0.05) is 12.1 Å². The quantitative estimate of drug-likeness (QED) is 0.838. The van der Waals surface area contributed by atoms with Crippen molar-refractivity contribution >= 4 is 38.2 Å². The third kappa shape index (κ3) is 3.34. The number of amides is 1. The second-order valence-corrected chi connectivity index (χ2v) is 9.07. The van der Waals surface area contributed by atoms with Crippen LogP contribution in [0.4, 0.5) is 5.13 Å². The van der Waals surface area contributed by atoms with Crippen molar-refractivity contribution in [1.29, 1.82) is 0 Å². The Hall–Kier alpha value is -2.33. The molecule has 1 atom stereocenters. The van der Waals surface area contributed by atoms with Crippen molar-refractivity contribution < 1.29 is 13.2 Å². The first kappa shape index (κ1) is 18.1. The number of hydrogen-bond donors (Lipinski definition) is 1. The Morgan fingerprint density at radius 3 is 2.89 bits per heavy atom. The summed E-state index contributed by atoms with van der Waals surface area (Å²) in [6.45, 7) is 2.56. The van der Waals surface area contributed by atoms with E-state index in [2.05, 4.69) is 19.9 Å². The lowest BCUT2D eigenvalue weighted by Crippen LogP contribution is -2.50. The number of sulfonamides is 1. The number of carbonyl (C=O) groups is 1. The number of nitrogens with one attached hydrogen (secondary N) is 1. The first-order valence-electron chi connectivity index (χ1n) is 8.84. The van der Waals surface area contributed by atoms with Crippen LogP contribution < -0.4 is 5.32 Å². The number of nitrogens with zero attached hydrogens (tertiary/aromatic N) is 4. The molecule has 2 aliphatic rings. The minimum absolute atomic E-state index is 0.196. The third-order valence-corrected chi connectivity index (χ3v) is 7.00. The number of likely N-dealkylation sites (tertiary alicyclic amines) is 1. The zero-order valence-corrected chi connectivity index (χ0v) is 16.4. The van der Waals surface area contributed by atoms with E-state index in [1.54, 1.807) is 24.3 Å². The second-order valence-electron chi connectivity index (χ2n) is 6.43. The first-order chi connectivity index (χ1) is 13.0. The van der Waals surface area contributed by atoms with Crippen molar-refractivity contribution in [1.82, 2.24) is 15.1 Å². The van der Waals surface area contributed by atoms with Crippen molar-refractivity contribution in [3.8, 4) is 0 Å². The van der Waals surface area contributed by atoms with Crippen LogP contribution in [0.25, 0.3) is 0 Å². The summed E-state index contributed by atoms with van der Waals surface area (Å²) in [5.74, 6) is 0.148. The summed E-state index contributed by atoms with van der Waals surface area (Å²) >= 11 is 1.35. The lowest BCUT2D eigenvalue weighted by atomic mass is 10.00. The zero-order valence-electron chi connectivity index (χ0n) is 14.8. The molecule has 27 heavy (non-hydrogen) atoms. The van der Waals surface area contributed by atoms with Crippen LogP contribution in [-0.4, -0.2) is 47.8 Å². The van der Waals surface area contributed by atoms with E-state index >= 15 is 0 Å². The molecule has 1 fully saturated rings. The lowest BCUT2D eigenvalue weighted by Gasteiger charge is -2.35. The standard InChI is InChI=1S/C17H19N5O3S2/c1-2-14-19-20-17(26-14)18-16(23)12-8-5-6-10-22(12)15-11-7-3-4-9-13(11)27(24,25)21-15/h3-4,7,9,12H,2,5-6,8,10H2,1H3,(H,18,20,23)/t12-/m0/s1. The van der Waals surface area contributed by atoms with Gasteiger partial charge in [0.2, 0.25) is 11.0 Å². The van der Waals surface area contributed by atoms with Crippen molar-refractivity contribution in [3.63, 3.8) is 0 Å². The van der Waals surface area contributed by atoms with Crippen LogP contribution in [0.1, 0.15) is 36.8 Å². The lowest BCUT2D eigenvalue weighted by molar-refractivity contribution is -0.120. The van der Waals surface area contributed by atoms with Crippen LogP contribution >= 0.6 is 11.3 Å². The predicted molar refractivity (Wildman–Crippen MR) is 102 cm³/mol. The highest BCUT2D eigenvalue weighted by atomic mass is 32.2. The smallest absolute Gasteiger partial charge is 0.285 e. The number of fused-ring (bicyclic) bond motifs is 1.